The van der Waals surface area contributed by atoms with Crippen LogP contribution in [0.3, 0.4) is 0 Å². The summed E-state index contributed by atoms with van der Waals surface area (Å²) in [6.45, 7) is 1.70. The topological polar surface area (TPSA) is 132 Å². The average molecular weight is 417 g/mol. The molecule has 10 nitrogen and oxygen atoms in total. The van der Waals surface area contributed by atoms with E-state index in [0.717, 1.165) is 0 Å². The van der Waals surface area contributed by atoms with Crippen LogP contribution in [-0.2, 0) is 16.0 Å². The Bertz CT molecular complexity index is 1110. The predicted octanol–water partition coefficient (Wildman–Crippen LogP) is 0.897. The SMILES string of the molecule is COC(=O)C(C)Sc1nnc(Cc2cc(=O)[nH]c(=O)[nH]2)n1-c1cccc(OC)c1. The summed E-state index contributed by atoms with van der Waals surface area (Å²) in [4.78, 5) is 39.7. The summed E-state index contributed by atoms with van der Waals surface area (Å²) in [5.74, 6) is 0.707. The smallest absolute Gasteiger partial charge is 0.325 e. The second kappa shape index (κ2) is 8.78. The maximum absolute atomic E-state index is 11.8. The normalized spacial score (nSPS) is 11.8. The van der Waals surface area contributed by atoms with E-state index in [2.05, 4.69) is 20.2 Å². The highest BCUT2D eigenvalue weighted by Gasteiger charge is 2.22. The van der Waals surface area contributed by atoms with E-state index >= 15 is 0 Å². The summed E-state index contributed by atoms with van der Waals surface area (Å²) in [5, 5.41) is 8.34. The van der Waals surface area contributed by atoms with Crippen molar-refractivity contribution in [2.75, 3.05) is 14.2 Å². The van der Waals surface area contributed by atoms with Crippen LogP contribution in [0.1, 0.15) is 18.4 Å². The van der Waals surface area contributed by atoms with Gasteiger partial charge in [0.2, 0.25) is 0 Å². The van der Waals surface area contributed by atoms with E-state index in [1.54, 1.807) is 30.7 Å². The molecule has 3 rings (SSSR count). The molecule has 1 aromatic carbocycles. The molecule has 0 aliphatic heterocycles. The van der Waals surface area contributed by atoms with Gasteiger partial charge in [-0.1, -0.05) is 17.8 Å². The number of carbonyl (C=O) groups excluding carboxylic acids is 1. The number of methoxy groups -OCH3 is 2. The zero-order valence-corrected chi connectivity index (χ0v) is 16.8. The number of hydrogen-bond donors (Lipinski definition) is 2. The molecule has 0 aliphatic carbocycles. The molecule has 0 fully saturated rings. The Morgan fingerprint density at radius 1 is 1.21 bits per heavy atom. The van der Waals surface area contributed by atoms with E-state index in [9.17, 15) is 14.4 Å². The van der Waals surface area contributed by atoms with Gasteiger partial charge in [0.25, 0.3) is 5.56 Å². The first-order chi connectivity index (χ1) is 13.9. The molecule has 0 amide bonds. The lowest BCUT2D eigenvalue weighted by Gasteiger charge is -2.13. The zero-order valence-electron chi connectivity index (χ0n) is 16.0. The molecule has 0 saturated heterocycles. The fourth-order valence-electron chi connectivity index (χ4n) is 2.66. The van der Waals surface area contributed by atoms with Crippen LogP contribution in [0.25, 0.3) is 5.69 Å². The van der Waals surface area contributed by atoms with Crippen molar-refractivity contribution in [2.45, 2.75) is 23.8 Å². The first kappa shape index (κ1) is 20.4. The fourth-order valence-corrected chi connectivity index (χ4v) is 3.57. The van der Waals surface area contributed by atoms with Crippen molar-refractivity contribution in [3.05, 3.63) is 62.7 Å². The van der Waals surface area contributed by atoms with Crippen molar-refractivity contribution in [1.82, 2.24) is 24.7 Å². The van der Waals surface area contributed by atoms with Crippen LogP contribution in [0, 0.1) is 0 Å². The fraction of sp³-hybridized carbons (Fsp3) is 0.278. The highest BCUT2D eigenvalue weighted by Crippen LogP contribution is 2.28. The Morgan fingerprint density at radius 3 is 2.69 bits per heavy atom. The number of rotatable bonds is 7. The van der Waals surface area contributed by atoms with Crippen molar-refractivity contribution in [2.24, 2.45) is 0 Å². The van der Waals surface area contributed by atoms with Gasteiger partial charge in [0.05, 0.1) is 19.9 Å². The largest absolute Gasteiger partial charge is 0.497 e. The van der Waals surface area contributed by atoms with Crippen molar-refractivity contribution >= 4 is 17.7 Å². The van der Waals surface area contributed by atoms with Crippen LogP contribution in [0.5, 0.6) is 5.75 Å². The molecule has 1 unspecified atom stereocenters. The van der Waals surface area contributed by atoms with Gasteiger partial charge >= 0.3 is 11.7 Å². The van der Waals surface area contributed by atoms with Gasteiger partial charge in [-0.25, -0.2) is 4.79 Å². The molecule has 0 spiro atoms. The number of nitrogens with zero attached hydrogens (tertiary/aromatic N) is 3. The maximum Gasteiger partial charge on any atom is 0.325 e. The number of hydrogen-bond acceptors (Lipinski definition) is 8. The van der Waals surface area contributed by atoms with Crippen LogP contribution in [0.4, 0.5) is 0 Å². The monoisotopic (exact) mass is 417 g/mol. The molecule has 0 aliphatic rings. The van der Waals surface area contributed by atoms with Crippen molar-refractivity contribution in [3.63, 3.8) is 0 Å². The summed E-state index contributed by atoms with van der Waals surface area (Å²) in [6, 6.07) is 8.52. The zero-order chi connectivity index (χ0) is 21.0. The van der Waals surface area contributed by atoms with Gasteiger partial charge in [0, 0.05) is 24.2 Å². The standard InChI is InChI=1S/C18H19N5O5S/c1-10(16(25)28-3)29-18-22-21-14(7-11-8-15(24)20-17(26)19-11)23(18)12-5-4-6-13(9-12)27-2/h4-6,8-10H,7H2,1-3H3,(H2,19,20,24,26). The van der Waals surface area contributed by atoms with E-state index < -0.39 is 22.5 Å². The quantitative estimate of drug-likeness (QED) is 0.428. The van der Waals surface area contributed by atoms with E-state index in [1.807, 2.05) is 12.1 Å². The molecule has 11 heteroatoms. The van der Waals surface area contributed by atoms with Crippen LogP contribution < -0.4 is 16.0 Å². The molecule has 0 bridgehead atoms. The van der Waals surface area contributed by atoms with Gasteiger partial charge in [-0.3, -0.25) is 19.1 Å². The molecule has 152 valence electrons. The van der Waals surface area contributed by atoms with Gasteiger partial charge in [0.1, 0.15) is 16.8 Å². The second-order valence-corrected chi connectivity index (χ2v) is 7.32. The minimum Gasteiger partial charge on any atom is -0.497 e. The summed E-state index contributed by atoms with van der Waals surface area (Å²) in [6.07, 6.45) is 0.149. The number of H-pyrrole nitrogens is 2. The predicted molar refractivity (Wildman–Crippen MR) is 106 cm³/mol. The molecular formula is C18H19N5O5S. The number of aromatic amines is 2. The number of thioether (sulfide) groups is 1. The van der Waals surface area contributed by atoms with Gasteiger partial charge in [-0.05, 0) is 19.1 Å². The van der Waals surface area contributed by atoms with E-state index in [1.165, 1.54) is 24.9 Å². The van der Waals surface area contributed by atoms with E-state index in [0.29, 0.717) is 28.1 Å². The molecule has 0 saturated carbocycles. The first-order valence-corrected chi connectivity index (χ1v) is 9.45. The van der Waals surface area contributed by atoms with Gasteiger partial charge in [-0.2, -0.15) is 0 Å². The molecule has 29 heavy (non-hydrogen) atoms. The van der Waals surface area contributed by atoms with Gasteiger partial charge in [0.15, 0.2) is 5.16 Å². The van der Waals surface area contributed by atoms with Crippen LogP contribution in [0.2, 0.25) is 0 Å². The Hall–Kier alpha value is -3.34. The summed E-state index contributed by atoms with van der Waals surface area (Å²) < 4.78 is 11.8. The summed E-state index contributed by atoms with van der Waals surface area (Å²) >= 11 is 1.18. The average Bonchev–Trinajstić information content (AvgIpc) is 3.08. The number of esters is 1. The van der Waals surface area contributed by atoms with Crippen molar-refractivity contribution in [3.8, 4) is 11.4 Å². The lowest BCUT2D eigenvalue weighted by Crippen LogP contribution is -2.23. The van der Waals surface area contributed by atoms with Crippen LogP contribution in [-0.4, -0.2) is 50.2 Å². The summed E-state index contributed by atoms with van der Waals surface area (Å²) in [5.41, 5.74) is -0.0251. The number of benzene rings is 1. The molecular weight excluding hydrogens is 398 g/mol. The number of nitrogens with one attached hydrogen (secondary N) is 2. The van der Waals surface area contributed by atoms with Crippen molar-refractivity contribution < 1.29 is 14.3 Å². The molecule has 0 radical (unpaired) electrons. The third kappa shape index (κ3) is 4.74. The molecule has 2 aromatic heterocycles. The Labute approximate surface area is 169 Å². The Morgan fingerprint density at radius 2 is 2.00 bits per heavy atom. The Kier molecular flexibility index (Phi) is 6.17. The molecule has 3 aromatic rings. The highest BCUT2D eigenvalue weighted by atomic mass is 32.2. The van der Waals surface area contributed by atoms with Crippen molar-refractivity contribution in [1.29, 1.82) is 0 Å². The van der Waals surface area contributed by atoms with Gasteiger partial charge in [-0.15, -0.1) is 10.2 Å². The van der Waals surface area contributed by atoms with E-state index in [-0.39, 0.29) is 6.42 Å². The third-order valence-electron chi connectivity index (χ3n) is 3.99. The van der Waals surface area contributed by atoms with E-state index in [4.69, 9.17) is 9.47 Å². The Balaban J connectivity index is 2.06. The second-order valence-electron chi connectivity index (χ2n) is 6.01. The summed E-state index contributed by atoms with van der Waals surface area (Å²) in [7, 11) is 2.88. The van der Waals surface area contributed by atoms with Crippen LogP contribution in [0.15, 0.2) is 45.1 Å². The van der Waals surface area contributed by atoms with Gasteiger partial charge < -0.3 is 14.5 Å². The molecule has 2 N–H and O–H groups in total. The first-order valence-electron chi connectivity index (χ1n) is 8.57. The number of aromatic nitrogens is 5. The lowest BCUT2D eigenvalue weighted by molar-refractivity contribution is -0.139. The molecule has 2 heterocycles. The minimum absolute atomic E-state index is 0.149. The highest BCUT2D eigenvalue weighted by molar-refractivity contribution is 8.00. The number of carbonyl (C=O) groups is 1. The maximum atomic E-state index is 11.8. The third-order valence-corrected chi connectivity index (χ3v) is 5.01. The lowest BCUT2D eigenvalue weighted by atomic mass is 10.2. The molecule has 1 atom stereocenters. The number of ether oxygens (including phenoxy) is 2. The minimum atomic E-state index is -0.603. The van der Waals surface area contributed by atoms with Crippen LogP contribution >= 0.6 is 11.8 Å².